The van der Waals surface area contributed by atoms with Crippen molar-refractivity contribution in [2.45, 2.75) is 6.04 Å². The molecule has 1 unspecified atom stereocenters. The molecule has 134 valence electrons. The number of urea groups is 1. The van der Waals surface area contributed by atoms with E-state index in [2.05, 4.69) is 21.6 Å². The molecule has 0 aliphatic carbocycles. The monoisotopic (exact) mass is 362 g/mol. The molecule has 3 amide bonds. The topological polar surface area (TPSA) is 96.7 Å². The Morgan fingerprint density at radius 1 is 1.24 bits per heavy atom. The molecule has 1 atom stereocenters. The van der Waals surface area contributed by atoms with E-state index in [4.69, 9.17) is 10.5 Å². The minimum Gasteiger partial charge on any atom is -0.484 e. The van der Waals surface area contributed by atoms with Crippen molar-refractivity contribution in [1.82, 2.24) is 10.2 Å². The van der Waals surface area contributed by atoms with Gasteiger partial charge in [-0.15, -0.1) is 11.3 Å². The third-order valence-corrected chi connectivity index (χ3v) is 4.42. The minimum atomic E-state index is -0.539. The van der Waals surface area contributed by atoms with Crippen LogP contribution in [0.4, 0.5) is 10.5 Å². The number of hydrogen-bond acceptors (Lipinski definition) is 5. The Kier molecular flexibility index (Phi) is 6.79. The number of ether oxygens (including phenoxy) is 1. The van der Waals surface area contributed by atoms with Crippen molar-refractivity contribution in [2.24, 2.45) is 5.73 Å². The van der Waals surface area contributed by atoms with E-state index in [0.717, 1.165) is 0 Å². The largest absolute Gasteiger partial charge is 0.484 e. The first-order valence-electron chi connectivity index (χ1n) is 7.71. The predicted molar refractivity (Wildman–Crippen MR) is 98.9 cm³/mol. The van der Waals surface area contributed by atoms with E-state index in [1.165, 1.54) is 4.88 Å². The van der Waals surface area contributed by atoms with Gasteiger partial charge in [0.15, 0.2) is 6.61 Å². The lowest BCUT2D eigenvalue weighted by Gasteiger charge is -2.23. The number of anilines is 1. The second-order valence-electron chi connectivity index (χ2n) is 5.61. The number of likely N-dealkylation sites (N-methyl/N-ethyl adjacent to an activating group) is 1. The summed E-state index contributed by atoms with van der Waals surface area (Å²) in [7, 11) is 3.96. The Bertz CT molecular complexity index is 686. The maximum atomic E-state index is 12.1. The lowest BCUT2D eigenvalue weighted by Crippen LogP contribution is -2.36. The maximum Gasteiger partial charge on any atom is 0.319 e. The molecular weight excluding hydrogens is 340 g/mol. The summed E-state index contributed by atoms with van der Waals surface area (Å²) in [6, 6.07) is 10.6. The first kappa shape index (κ1) is 18.8. The molecule has 8 heteroatoms. The number of amides is 3. The van der Waals surface area contributed by atoms with Crippen molar-refractivity contribution in [3.8, 4) is 5.75 Å². The lowest BCUT2D eigenvalue weighted by molar-refractivity contribution is -0.119. The molecule has 7 nitrogen and oxygen atoms in total. The van der Waals surface area contributed by atoms with Gasteiger partial charge in [-0.2, -0.15) is 0 Å². The number of thiophene rings is 1. The van der Waals surface area contributed by atoms with E-state index in [0.29, 0.717) is 18.0 Å². The van der Waals surface area contributed by atoms with Crippen molar-refractivity contribution in [2.75, 3.05) is 32.6 Å². The fraction of sp³-hybridized carbons (Fsp3) is 0.294. The van der Waals surface area contributed by atoms with Crippen molar-refractivity contribution in [3.05, 3.63) is 46.7 Å². The Labute approximate surface area is 150 Å². The number of hydrogen-bond donors (Lipinski definition) is 3. The molecular formula is C17H22N4O3S. The molecule has 2 rings (SSSR count). The number of nitrogens with zero attached hydrogens (tertiary/aromatic N) is 1. The van der Waals surface area contributed by atoms with Gasteiger partial charge >= 0.3 is 6.03 Å². The molecule has 0 saturated carbocycles. The van der Waals surface area contributed by atoms with E-state index in [1.807, 2.05) is 25.5 Å². The zero-order valence-electron chi connectivity index (χ0n) is 14.2. The summed E-state index contributed by atoms with van der Waals surface area (Å²) in [5.74, 6) is -0.0297. The van der Waals surface area contributed by atoms with Gasteiger partial charge in [-0.1, -0.05) is 6.07 Å². The molecule has 1 aromatic carbocycles. The smallest absolute Gasteiger partial charge is 0.319 e. The van der Waals surface area contributed by atoms with Crippen LogP contribution in [0.5, 0.6) is 5.75 Å². The van der Waals surface area contributed by atoms with Crippen molar-refractivity contribution in [3.63, 3.8) is 0 Å². The number of carbonyl (C=O) groups excluding carboxylic acids is 2. The third-order valence-electron chi connectivity index (χ3n) is 3.44. The summed E-state index contributed by atoms with van der Waals surface area (Å²) in [5, 5.41) is 7.66. The van der Waals surface area contributed by atoms with Gasteiger partial charge in [0.1, 0.15) is 5.75 Å². The molecule has 25 heavy (non-hydrogen) atoms. The van der Waals surface area contributed by atoms with Crippen LogP contribution in [0, 0.1) is 0 Å². The molecule has 0 fully saturated rings. The number of nitrogens with one attached hydrogen (secondary N) is 2. The van der Waals surface area contributed by atoms with Crippen LogP contribution in [-0.4, -0.2) is 44.1 Å². The first-order valence-corrected chi connectivity index (χ1v) is 8.59. The zero-order chi connectivity index (χ0) is 18.2. The first-order chi connectivity index (χ1) is 12.0. The fourth-order valence-corrected chi connectivity index (χ4v) is 3.09. The fourth-order valence-electron chi connectivity index (χ4n) is 2.17. The average molecular weight is 362 g/mol. The molecule has 0 radical (unpaired) electrons. The van der Waals surface area contributed by atoms with Crippen LogP contribution in [0.2, 0.25) is 0 Å². The standard InChI is InChI=1S/C17H22N4O3S/c1-21(2)14(15-4-3-9-25-15)10-19-17(23)20-12-5-7-13(8-6-12)24-11-16(18)22/h3-9,14H,10-11H2,1-2H3,(H2,18,22)(H2,19,20,23). The van der Waals surface area contributed by atoms with Crippen LogP contribution in [-0.2, 0) is 4.79 Å². The van der Waals surface area contributed by atoms with Gasteiger partial charge in [-0.25, -0.2) is 4.79 Å². The minimum absolute atomic E-state index is 0.121. The van der Waals surface area contributed by atoms with E-state index >= 15 is 0 Å². The van der Waals surface area contributed by atoms with Gasteiger partial charge in [0.25, 0.3) is 5.91 Å². The summed E-state index contributed by atoms with van der Waals surface area (Å²) in [6.45, 7) is 0.320. The highest BCUT2D eigenvalue weighted by atomic mass is 32.1. The molecule has 0 bridgehead atoms. The van der Waals surface area contributed by atoms with Crippen LogP contribution in [0.25, 0.3) is 0 Å². The van der Waals surface area contributed by atoms with E-state index < -0.39 is 5.91 Å². The van der Waals surface area contributed by atoms with E-state index in [-0.39, 0.29) is 18.7 Å². The average Bonchev–Trinajstić information content (AvgIpc) is 3.08. The molecule has 2 aromatic rings. The number of carbonyl (C=O) groups is 2. The second kappa shape index (κ2) is 9.05. The third kappa shape index (κ3) is 6.09. The van der Waals surface area contributed by atoms with Gasteiger partial charge in [0.05, 0.1) is 6.04 Å². The maximum absolute atomic E-state index is 12.1. The van der Waals surface area contributed by atoms with Crippen LogP contribution < -0.4 is 21.1 Å². The zero-order valence-corrected chi connectivity index (χ0v) is 15.0. The van der Waals surface area contributed by atoms with Crippen LogP contribution in [0.15, 0.2) is 41.8 Å². The highest BCUT2D eigenvalue weighted by molar-refractivity contribution is 7.10. The quantitative estimate of drug-likeness (QED) is 0.669. The Morgan fingerprint density at radius 3 is 2.52 bits per heavy atom. The molecule has 0 aliphatic rings. The molecule has 0 aliphatic heterocycles. The Hall–Kier alpha value is -2.58. The summed E-state index contributed by atoms with van der Waals surface area (Å²) in [5.41, 5.74) is 5.64. The highest BCUT2D eigenvalue weighted by Crippen LogP contribution is 2.22. The summed E-state index contributed by atoms with van der Waals surface area (Å²) < 4.78 is 5.17. The number of benzene rings is 1. The van der Waals surface area contributed by atoms with Crippen molar-refractivity contribution >= 4 is 29.0 Å². The normalized spacial score (nSPS) is 11.8. The van der Waals surface area contributed by atoms with Gasteiger partial charge in [-0.05, 0) is 49.8 Å². The predicted octanol–water partition coefficient (Wildman–Crippen LogP) is 2.04. The van der Waals surface area contributed by atoms with Gasteiger partial charge in [0.2, 0.25) is 0 Å². The van der Waals surface area contributed by atoms with Gasteiger partial charge in [0, 0.05) is 17.1 Å². The molecule has 0 saturated heterocycles. The van der Waals surface area contributed by atoms with Crippen LogP contribution in [0.1, 0.15) is 10.9 Å². The van der Waals surface area contributed by atoms with Crippen molar-refractivity contribution in [1.29, 1.82) is 0 Å². The Balaban J connectivity index is 1.84. The molecule has 0 spiro atoms. The summed E-state index contributed by atoms with van der Waals surface area (Å²) in [4.78, 5) is 26.0. The summed E-state index contributed by atoms with van der Waals surface area (Å²) in [6.07, 6.45) is 0. The van der Waals surface area contributed by atoms with Crippen LogP contribution in [0.3, 0.4) is 0 Å². The lowest BCUT2D eigenvalue weighted by atomic mass is 10.2. The summed E-state index contributed by atoms with van der Waals surface area (Å²) >= 11 is 1.66. The number of rotatable bonds is 8. The van der Waals surface area contributed by atoms with Crippen molar-refractivity contribution < 1.29 is 14.3 Å². The number of primary amides is 1. The van der Waals surface area contributed by atoms with E-state index in [9.17, 15) is 9.59 Å². The molecule has 4 N–H and O–H groups in total. The van der Waals surface area contributed by atoms with Gasteiger partial charge in [-0.3, -0.25) is 4.79 Å². The SMILES string of the molecule is CN(C)C(CNC(=O)Nc1ccc(OCC(N)=O)cc1)c1cccs1. The number of nitrogens with two attached hydrogens (primary N) is 1. The second-order valence-corrected chi connectivity index (χ2v) is 6.59. The molecule has 1 aromatic heterocycles. The highest BCUT2D eigenvalue weighted by Gasteiger charge is 2.16. The van der Waals surface area contributed by atoms with Gasteiger partial charge < -0.3 is 26.0 Å². The van der Waals surface area contributed by atoms with Crippen LogP contribution >= 0.6 is 11.3 Å². The Morgan fingerprint density at radius 2 is 1.96 bits per heavy atom. The van der Waals surface area contributed by atoms with E-state index in [1.54, 1.807) is 35.6 Å². The molecule has 1 heterocycles.